The quantitative estimate of drug-likeness (QED) is 0.326. The Morgan fingerprint density at radius 3 is 2.56 bits per heavy atom. The molecule has 3 aromatic heterocycles. The molecule has 0 aliphatic carbocycles. The van der Waals surface area contributed by atoms with Crippen LogP contribution in [-0.2, 0) is 13.2 Å². The first-order valence-electron chi connectivity index (χ1n) is 10.8. The summed E-state index contributed by atoms with van der Waals surface area (Å²) in [7, 11) is 0. The third kappa shape index (κ3) is 4.35. The van der Waals surface area contributed by atoms with Gasteiger partial charge in [-0.15, -0.1) is 0 Å². The molecule has 0 saturated heterocycles. The average Bonchev–Trinajstić information content (AvgIpc) is 3.20. The molecular formula is C26H22ClN5O2. The molecule has 8 heteroatoms. The lowest BCUT2D eigenvalue weighted by Gasteiger charge is -2.13. The maximum atomic E-state index is 9.30. The summed E-state index contributed by atoms with van der Waals surface area (Å²) in [4.78, 5) is 13.9. The molecule has 2 N–H and O–H groups in total. The van der Waals surface area contributed by atoms with Crippen molar-refractivity contribution in [2.45, 2.75) is 27.0 Å². The van der Waals surface area contributed by atoms with Crippen LogP contribution in [0.15, 0.2) is 65.3 Å². The number of fused-ring (bicyclic) bond motifs is 1. The van der Waals surface area contributed by atoms with E-state index in [0.717, 1.165) is 44.6 Å². The topological polar surface area (TPSA) is 97.0 Å². The number of benzene rings is 2. The second-order valence-electron chi connectivity index (χ2n) is 8.01. The maximum absolute atomic E-state index is 9.30. The second-order valence-corrected chi connectivity index (χ2v) is 8.44. The van der Waals surface area contributed by atoms with Gasteiger partial charge in [0.15, 0.2) is 5.82 Å². The highest BCUT2D eigenvalue weighted by atomic mass is 35.5. The van der Waals surface area contributed by atoms with Crippen LogP contribution in [0.25, 0.3) is 33.4 Å². The van der Waals surface area contributed by atoms with Crippen LogP contribution >= 0.6 is 11.6 Å². The van der Waals surface area contributed by atoms with Crippen LogP contribution in [0, 0.1) is 13.8 Å². The Hall–Kier alpha value is -3.81. The number of aromatic nitrogens is 4. The fourth-order valence-electron chi connectivity index (χ4n) is 3.93. The molecule has 0 saturated carbocycles. The number of aliphatic hydroxyl groups is 1. The highest BCUT2D eigenvalue weighted by molar-refractivity contribution is 6.30. The standard InChI is InChI=1S/C26H22ClN5O2/c1-15-24(16(2)34-32-15)18-7-9-23-22(11-18)26(29-12-17-4-3-5-20(27)10-17)31-25(30-23)19-6-8-21(14-33)28-13-19/h3-11,13,33H,12,14H2,1-2H3,(H,29,30,31). The Bertz CT molecular complexity index is 1460. The van der Waals surface area contributed by atoms with Crippen molar-refractivity contribution in [2.24, 2.45) is 0 Å². The Balaban J connectivity index is 1.61. The molecule has 5 rings (SSSR count). The van der Waals surface area contributed by atoms with Crippen molar-refractivity contribution in [2.75, 3.05) is 5.32 Å². The van der Waals surface area contributed by atoms with E-state index in [9.17, 15) is 5.11 Å². The summed E-state index contributed by atoms with van der Waals surface area (Å²) in [6, 6.07) is 17.4. The predicted molar refractivity (Wildman–Crippen MR) is 132 cm³/mol. The second kappa shape index (κ2) is 9.21. The van der Waals surface area contributed by atoms with Crippen LogP contribution in [0.5, 0.6) is 0 Å². The molecular weight excluding hydrogens is 450 g/mol. The van der Waals surface area contributed by atoms with Crippen molar-refractivity contribution in [3.05, 3.63) is 88.5 Å². The summed E-state index contributed by atoms with van der Waals surface area (Å²) < 4.78 is 5.37. The number of anilines is 1. The fourth-order valence-corrected chi connectivity index (χ4v) is 4.14. The van der Waals surface area contributed by atoms with Crippen LogP contribution in [0.4, 0.5) is 5.82 Å². The molecule has 0 fully saturated rings. The van der Waals surface area contributed by atoms with Crippen LogP contribution in [0.1, 0.15) is 22.7 Å². The Kier molecular flexibility index (Phi) is 5.96. The van der Waals surface area contributed by atoms with Gasteiger partial charge in [-0.3, -0.25) is 4.98 Å². The number of hydrogen-bond donors (Lipinski definition) is 2. The maximum Gasteiger partial charge on any atom is 0.163 e. The largest absolute Gasteiger partial charge is 0.390 e. The van der Waals surface area contributed by atoms with Crippen molar-refractivity contribution < 1.29 is 9.63 Å². The van der Waals surface area contributed by atoms with Gasteiger partial charge in [0.05, 0.1) is 23.5 Å². The average molecular weight is 472 g/mol. The molecule has 0 radical (unpaired) electrons. The van der Waals surface area contributed by atoms with Gasteiger partial charge in [-0.1, -0.05) is 35.0 Å². The zero-order valence-electron chi connectivity index (χ0n) is 18.7. The number of pyridine rings is 1. The van der Waals surface area contributed by atoms with Crippen molar-refractivity contribution in [3.8, 4) is 22.5 Å². The van der Waals surface area contributed by atoms with E-state index in [0.29, 0.717) is 28.9 Å². The van der Waals surface area contributed by atoms with E-state index in [4.69, 9.17) is 26.1 Å². The molecule has 0 aliphatic rings. The van der Waals surface area contributed by atoms with E-state index >= 15 is 0 Å². The van der Waals surface area contributed by atoms with Gasteiger partial charge in [-0.05, 0) is 61.4 Å². The minimum Gasteiger partial charge on any atom is -0.390 e. The molecule has 0 amide bonds. The van der Waals surface area contributed by atoms with E-state index < -0.39 is 0 Å². The van der Waals surface area contributed by atoms with Crippen LogP contribution in [0.2, 0.25) is 5.02 Å². The van der Waals surface area contributed by atoms with Gasteiger partial charge in [-0.25, -0.2) is 9.97 Å². The van der Waals surface area contributed by atoms with Crippen molar-refractivity contribution >= 4 is 28.3 Å². The van der Waals surface area contributed by atoms with Crippen LogP contribution in [0.3, 0.4) is 0 Å². The molecule has 7 nitrogen and oxygen atoms in total. The number of rotatable bonds is 6. The minimum absolute atomic E-state index is 0.115. The molecule has 3 heterocycles. The van der Waals surface area contributed by atoms with E-state index in [1.54, 1.807) is 12.3 Å². The summed E-state index contributed by atoms with van der Waals surface area (Å²) in [5.41, 5.74) is 5.97. The van der Waals surface area contributed by atoms with Crippen LogP contribution in [-0.4, -0.2) is 25.2 Å². The summed E-state index contributed by atoms with van der Waals surface area (Å²) in [5, 5.41) is 18.4. The Labute approximate surface area is 201 Å². The zero-order chi connectivity index (χ0) is 23.7. The first-order valence-corrected chi connectivity index (χ1v) is 11.2. The molecule has 0 bridgehead atoms. The number of nitrogens with one attached hydrogen (secondary N) is 1. The summed E-state index contributed by atoms with van der Waals surface area (Å²) in [5.74, 6) is 2.00. The first kappa shape index (κ1) is 22.0. The van der Waals surface area contributed by atoms with E-state index in [1.807, 2.05) is 56.3 Å². The van der Waals surface area contributed by atoms with Crippen LogP contribution < -0.4 is 5.32 Å². The lowest BCUT2D eigenvalue weighted by molar-refractivity contribution is 0.277. The van der Waals surface area contributed by atoms with E-state index in [1.165, 1.54) is 0 Å². The highest BCUT2D eigenvalue weighted by Gasteiger charge is 2.15. The number of aryl methyl sites for hydroxylation is 2. The normalized spacial score (nSPS) is 11.2. The number of nitrogens with zero attached hydrogens (tertiary/aromatic N) is 4. The lowest BCUT2D eigenvalue weighted by atomic mass is 10.0. The summed E-state index contributed by atoms with van der Waals surface area (Å²) in [6.07, 6.45) is 1.67. The molecule has 5 aromatic rings. The molecule has 0 atom stereocenters. The summed E-state index contributed by atoms with van der Waals surface area (Å²) >= 11 is 6.17. The summed E-state index contributed by atoms with van der Waals surface area (Å²) in [6.45, 7) is 4.26. The number of hydrogen-bond acceptors (Lipinski definition) is 7. The lowest BCUT2D eigenvalue weighted by Crippen LogP contribution is -2.05. The molecule has 0 unspecified atom stereocenters. The van der Waals surface area contributed by atoms with Gasteiger partial charge in [-0.2, -0.15) is 0 Å². The van der Waals surface area contributed by atoms with Crippen molar-refractivity contribution in [1.82, 2.24) is 20.1 Å². The molecule has 170 valence electrons. The highest BCUT2D eigenvalue weighted by Crippen LogP contribution is 2.32. The van der Waals surface area contributed by atoms with Crippen molar-refractivity contribution in [1.29, 1.82) is 0 Å². The van der Waals surface area contributed by atoms with Gasteiger partial charge in [0, 0.05) is 34.3 Å². The minimum atomic E-state index is -0.115. The molecule has 0 spiro atoms. The third-order valence-electron chi connectivity index (χ3n) is 5.61. The third-order valence-corrected chi connectivity index (χ3v) is 5.85. The number of aliphatic hydroxyl groups excluding tert-OH is 1. The zero-order valence-corrected chi connectivity index (χ0v) is 19.5. The number of halogens is 1. The van der Waals surface area contributed by atoms with Gasteiger partial charge in [0.25, 0.3) is 0 Å². The van der Waals surface area contributed by atoms with Crippen molar-refractivity contribution in [3.63, 3.8) is 0 Å². The Morgan fingerprint density at radius 2 is 1.85 bits per heavy atom. The smallest absolute Gasteiger partial charge is 0.163 e. The predicted octanol–water partition coefficient (Wildman–Crippen LogP) is 5.72. The van der Waals surface area contributed by atoms with Gasteiger partial charge < -0.3 is 14.9 Å². The first-order chi connectivity index (χ1) is 16.5. The van der Waals surface area contributed by atoms with E-state index in [2.05, 4.69) is 21.5 Å². The Morgan fingerprint density at radius 1 is 1.00 bits per heavy atom. The van der Waals surface area contributed by atoms with Gasteiger partial charge in [0.1, 0.15) is 11.6 Å². The molecule has 34 heavy (non-hydrogen) atoms. The fraction of sp³-hybridized carbons (Fsp3) is 0.154. The molecule has 0 aliphatic heterocycles. The monoisotopic (exact) mass is 471 g/mol. The van der Waals surface area contributed by atoms with Gasteiger partial charge >= 0.3 is 0 Å². The van der Waals surface area contributed by atoms with E-state index in [-0.39, 0.29) is 6.61 Å². The van der Waals surface area contributed by atoms with Gasteiger partial charge in [0.2, 0.25) is 0 Å². The SMILES string of the molecule is Cc1noc(C)c1-c1ccc2nc(-c3ccc(CO)nc3)nc(NCc3cccc(Cl)c3)c2c1. The molecule has 2 aromatic carbocycles.